The Labute approximate surface area is 90.1 Å². The Morgan fingerprint density at radius 3 is 2.62 bits per heavy atom. The summed E-state index contributed by atoms with van der Waals surface area (Å²) in [5.41, 5.74) is -0.169. The van der Waals surface area contributed by atoms with Gasteiger partial charge in [-0.05, 0) is 19.1 Å². The van der Waals surface area contributed by atoms with Crippen LogP contribution in [0.3, 0.4) is 0 Å². The monoisotopic (exact) mass is 226 g/mol. The minimum atomic E-state index is -1.21. The normalized spacial score (nSPS) is 10.8. The van der Waals surface area contributed by atoms with Crippen molar-refractivity contribution in [3.63, 3.8) is 0 Å². The maximum absolute atomic E-state index is 13.4. The summed E-state index contributed by atoms with van der Waals surface area (Å²) in [5, 5.41) is 2.71. The van der Waals surface area contributed by atoms with Crippen molar-refractivity contribution in [1.82, 2.24) is 4.98 Å². The van der Waals surface area contributed by atoms with Crippen LogP contribution >= 0.6 is 0 Å². The predicted octanol–water partition coefficient (Wildman–Crippen LogP) is 3.08. The summed E-state index contributed by atoms with van der Waals surface area (Å²) in [4.78, 5) is 3.87. The van der Waals surface area contributed by atoms with Crippen LogP contribution in [0.2, 0.25) is 0 Å². The van der Waals surface area contributed by atoms with E-state index >= 15 is 0 Å². The van der Waals surface area contributed by atoms with Crippen molar-refractivity contribution in [2.45, 2.75) is 6.92 Å². The van der Waals surface area contributed by atoms with Gasteiger partial charge >= 0.3 is 0 Å². The molecule has 1 aromatic heterocycles. The molecule has 0 aliphatic carbocycles. The molecule has 0 radical (unpaired) electrons. The molecule has 2 nitrogen and oxygen atoms in total. The van der Waals surface area contributed by atoms with Crippen molar-refractivity contribution in [1.29, 1.82) is 0 Å². The number of hydrogen-bond acceptors (Lipinski definition) is 2. The van der Waals surface area contributed by atoms with Crippen LogP contribution in [0.25, 0.3) is 10.9 Å². The molecule has 2 aromatic rings. The summed E-state index contributed by atoms with van der Waals surface area (Å²) in [6.07, 6.45) is 0. The third-order valence-electron chi connectivity index (χ3n) is 2.18. The van der Waals surface area contributed by atoms with Gasteiger partial charge in [0.1, 0.15) is 11.3 Å². The van der Waals surface area contributed by atoms with Crippen molar-refractivity contribution < 1.29 is 13.2 Å². The average Bonchev–Trinajstić information content (AvgIpc) is 2.27. The minimum Gasteiger partial charge on any atom is -0.370 e. The maximum atomic E-state index is 13.4. The Balaban J connectivity index is 2.69. The first-order valence-corrected chi connectivity index (χ1v) is 4.81. The van der Waals surface area contributed by atoms with Crippen molar-refractivity contribution in [3.05, 3.63) is 35.7 Å². The van der Waals surface area contributed by atoms with E-state index in [2.05, 4.69) is 10.3 Å². The van der Waals surface area contributed by atoms with Crippen molar-refractivity contribution in [2.24, 2.45) is 0 Å². The Bertz CT molecular complexity index is 540. The summed E-state index contributed by atoms with van der Waals surface area (Å²) < 4.78 is 39.5. The van der Waals surface area contributed by atoms with Crippen LogP contribution in [0.15, 0.2) is 18.2 Å². The molecule has 0 unspecified atom stereocenters. The zero-order valence-corrected chi connectivity index (χ0v) is 8.52. The zero-order valence-electron chi connectivity index (χ0n) is 8.52. The van der Waals surface area contributed by atoms with Crippen LogP contribution < -0.4 is 5.32 Å². The van der Waals surface area contributed by atoms with Gasteiger partial charge in [-0.1, -0.05) is 0 Å². The molecule has 1 heterocycles. The lowest BCUT2D eigenvalue weighted by molar-refractivity contribution is 0.505. The van der Waals surface area contributed by atoms with Crippen LogP contribution in [0, 0.1) is 17.5 Å². The number of halogens is 3. The molecular formula is C11H9F3N2. The second kappa shape index (κ2) is 4.00. The molecular weight excluding hydrogens is 217 g/mol. The summed E-state index contributed by atoms with van der Waals surface area (Å²) in [7, 11) is 0. The molecule has 16 heavy (non-hydrogen) atoms. The number of anilines is 1. The number of benzene rings is 1. The fraction of sp³-hybridized carbons (Fsp3) is 0.182. The quantitative estimate of drug-likeness (QED) is 0.796. The number of pyridine rings is 1. The standard InChI is InChI=1S/C11H9F3N2/c1-2-15-9-4-3-6-10(14)7(12)5-8(13)11(6)16-9/h3-5H,2H2,1H3,(H,15,16). The fourth-order valence-electron chi connectivity index (χ4n) is 1.47. The molecule has 1 N–H and O–H groups in total. The number of nitrogens with zero attached hydrogens (tertiary/aromatic N) is 1. The number of nitrogens with one attached hydrogen (secondary N) is 1. The lowest BCUT2D eigenvalue weighted by Crippen LogP contribution is -2.01. The Kier molecular flexibility index (Phi) is 2.68. The van der Waals surface area contributed by atoms with Crippen LogP contribution in [0.4, 0.5) is 19.0 Å². The molecule has 0 saturated carbocycles. The first-order chi connectivity index (χ1) is 7.63. The predicted molar refractivity (Wildman–Crippen MR) is 55.8 cm³/mol. The lowest BCUT2D eigenvalue weighted by Gasteiger charge is -2.05. The number of rotatable bonds is 2. The topological polar surface area (TPSA) is 24.9 Å². The molecule has 5 heteroatoms. The highest BCUT2D eigenvalue weighted by Gasteiger charge is 2.13. The number of fused-ring (bicyclic) bond motifs is 1. The highest BCUT2D eigenvalue weighted by Crippen LogP contribution is 2.23. The molecule has 0 spiro atoms. The molecule has 1 aromatic carbocycles. The van der Waals surface area contributed by atoms with E-state index in [1.165, 1.54) is 12.1 Å². The summed E-state index contributed by atoms with van der Waals surface area (Å²) in [6.45, 7) is 2.47. The van der Waals surface area contributed by atoms with Gasteiger partial charge in [-0.2, -0.15) is 0 Å². The Morgan fingerprint density at radius 2 is 1.94 bits per heavy atom. The smallest absolute Gasteiger partial charge is 0.168 e. The van der Waals surface area contributed by atoms with E-state index in [9.17, 15) is 13.2 Å². The van der Waals surface area contributed by atoms with Gasteiger partial charge in [0, 0.05) is 18.0 Å². The third-order valence-corrected chi connectivity index (χ3v) is 2.18. The molecule has 84 valence electrons. The van der Waals surface area contributed by atoms with E-state index in [1.54, 1.807) is 0 Å². The molecule has 0 bridgehead atoms. The summed E-state index contributed by atoms with van der Waals surface area (Å²) in [5.74, 6) is -2.72. The second-order valence-corrected chi connectivity index (χ2v) is 3.28. The SMILES string of the molecule is CCNc1ccc2c(F)c(F)cc(F)c2n1. The third kappa shape index (κ3) is 1.68. The van der Waals surface area contributed by atoms with Gasteiger partial charge in [0.2, 0.25) is 0 Å². The van der Waals surface area contributed by atoms with Gasteiger partial charge in [-0.25, -0.2) is 18.2 Å². The first kappa shape index (κ1) is 10.7. The zero-order chi connectivity index (χ0) is 11.7. The Morgan fingerprint density at radius 1 is 1.19 bits per heavy atom. The van der Waals surface area contributed by atoms with Gasteiger partial charge in [0.05, 0.1) is 0 Å². The fourth-order valence-corrected chi connectivity index (χ4v) is 1.47. The molecule has 0 aliphatic rings. The van der Waals surface area contributed by atoms with Gasteiger partial charge in [0.15, 0.2) is 17.5 Å². The minimum absolute atomic E-state index is 0.154. The summed E-state index contributed by atoms with van der Waals surface area (Å²) in [6, 6.07) is 3.29. The van der Waals surface area contributed by atoms with E-state index < -0.39 is 17.5 Å². The van der Waals surface area contributed by atoms with Crippen LogP contribution in [-0.2, 0) is 0 Å². The van der Waals surface area contributed by atoms with Gasteiger partial charge < -0.3 is 5.32 Å². The Hall–Kier alpha value is -1.78. The van der Waals surface area contributed by atoms with E-state index in [4.69, 9.17) is 0 Å². The van der Waals surface area contributed by atoms with Gasteiger partial charge in [0.25, 0.3) is 0 Å². The van der Waals surface area contributed by atoms with Crippen molar-refractivity contribution in [3.8, 4) is 0 Å². The van der Waals surface area contributed by atoms with E-state index in [0.717, 1.165) is 0 Å². The molecule has 2 rings (SSSR count). The highest BCUT2D eigenvalue weighted by molar-refractivity contribution is 5.81. The summed E-state index contributed by atoms with van der Waals surface area (Å²) >= 11 is 0. The molecule has 0 atom stereocenters. The average molecular weight is 226 g/mol. The van der Waals surface area contributed by atoms with E-state index in [1.807, 2.05) is 6.92 Å². The van der Waals surface area contributed by atoms with Crippen LogP contribution in [-0.4, -0.2) is 11.5 Å². The largest absolute Gasteiger partial charge is 0.370 e. The lowest BCUT2D eigenvalue weighted by atomic mass is 10.2. The highest BCUT2D eigenvalue weighted by atomic mass is 19.2. The molecule has 0 aliphatic heterocycles. The molecule has 0 amide bonds. The number of hydrogen-bond donors (Lipinski definition) is 1. The molecule has 0 fully saturated rings. The number of aromatic nitrogens is 1. The van der Waals surface area contributed by atoms with Crippen LogP contribution in [0.5, 0.6) is 0 Å². The van der Waals surface area contributed by atoms with Crippen molar-refractivity contribution >= 4 is 16.7 Å². The van der Waals surface area contributed by atoms with E-state index in [-0.39, 0.29) is 10.9 Å². The van der Waals surface area contributed by atoms with Crippen LogP contribution in [0.1, 0.15) is 6.92 Å². The van der Waals surface area contributed by atoms with Gasteiger partial charge in [-0.15, -0.1) is 0 Å². The van der Waals surface area contributed by atoms with E-state index in [0.29, 0.717) is 18.4 Å². The van der Waals surface area contributed by atoms with Crippen molar-refractivity contribution in [2.75, 3.05) is 11.9 Å². The molecule has 0 saturated heterocycles. The second-order valence-electron chi connectivity index (χ2n) is 3.28. The maximum Gasteiger partial charge on any atom is 0.168 e. The first-order valence-electron chi connectivity index (χ1n) is 4.81. The van der Waals surface area contributed by atoms with Gasteiger partial charge in [-0.3, -0.25) is 0 Å².